The summed E-state index contributed by atoms with van der Waals surface area (Å²) < 4.78 is 11.1. The van der Waals surface area contributed by atoms with Gasteiger partial charge in [0.25, 0.3) is 5.56 Å². The predicted molar refractivity (Wildman–Crippen MR) is 129 cm³/mol. The molecule has 3 rings (SSSR count). The molecular formula is C23H27N5O3S. The molecule has 168 valence electrons. The van der Waals surface area contributed by atoms with Gasteiger partial charge in [-0.1, -0.05) is 53.6 Å². The number of carbonyl (C=O) groups excluding carboxylic acids is 1. The predicted octanol–water partition coefficient (Wildman–Crippen LogP) is 3.25. The number of rotatable bonds is 9. The van der Waals surface area contributed by atoms with Gasteiger partial charge in [0.1, 0.15) is 5.75 Å². The maximum absolute atomic E-state index is 12.5. The lowest BCUT2D eigenvalue weighted by Gasteiger charge is -2.10. The third kappa shape index (κ3) is 6.94. The molecule has 9 heteroatoms. The highest BCUT2D eigenvalue weighted by molar-refractivity contribution is 7.90. The van der Waals surface area contributed by atoms with Crippen LogP contribution in [-0.4, -0.2) is 39.1 Å². The molecule has 0 saturated heterocycles. The SMILES string of the molecule is Cc1ccccc1NC(=O)Nc1nc(=O)c(-c2ccc(CNCCC[S+](C)[O-])cc2)c[nH]1. The molecule has 0 saturated carbocycles. The number of carbonyl (C=O) groups is 1. The minimum absolute atomic E-state index is 0.0682. The number of nitrogens with one attached hydrogen (secondary N) is 4. The van der Waals surface area contributed by atoms with E-state index in [9.17, 15) is 14.1 Å². The second-order valence-electron chi connectivity index (χ2n) is 7.37. The van der Waals surface area contributed by atoms with Crippen LogP contribution in [0.15, 0.2) is 59.5 Å². The molecule has 2 amide bonds. The largest absolute Gasteiger partial charge is 0.617 e. The van der Waals surface area contributed by atoms with E-state index in [-0.39, 0.29) is 5.95 Å². The van der Waals surface area contributed by atoms with Crippen molar-refractivity contribution in [1.29, 1.82) is 0 Å². The Morgan fingerprint density at radius 2 is 1.88 bits per heavy atom. The van der Waals surface area contributed by atoms with Crippen LogP contribution in [0.1, 0.15) is 17.5 Å². The van der Waals surface area contributed by atoms with Crippen molar-refractivity contribution in [3.63, 3.8) is 0 Å². The van der Waals surface area contributed by atoms with Gasteiger partial charge < -0.3 is 20.2 Å². The molecule has 1 heterocycles. The van der Waals surface area contributed by atoms with Gasteiger partial charge in [-0.25, -0.2) is 4.79 Å². The van der Waals surface area contributed by atoms with Crippen molar-refractivity contribution in [2.75, 3.05) is 29.2 Å². The number of benzene rings is 2. The fourth-order valence-corrected chi connectivity index (χ4v) is 3.63. The van der Waals surface area contributed by atoms with Gasteiger partial charge >= 0.3 is 6.03 Å². The van der Waals surface area contributed by atoms with Crippen LogP contribution in [0.2, 0.25) is 0 Å². The van der Waals surface area contributed by atoms with Gasteiger partial charge in [-0.15, -0.1) is 0 Å². The number of aromatic nitrogens is 2. The minimum Gasteiger partial charge on any atom is -0.617 e. The summed E-state index contributed by atoms with van der Waals surface area (Å²) in [5.41, 5.74) is 3.41. The van der Waals surface area contributed by atoms with E-state index in [0.29, 0.717) is 23.5 Å². The van der Waals surface area contributed by atoms with E-state index in [1.54, 1.807) is 12.3 Å². The normalized spacial score (nSPS) is 11.7. The summed E-state index contributed by atoms with van der Waals surface area (Å²) >= 11 is -0.761. The van der Waals surface area contributed by atoms with Crippen LogP contribution in [0.5, 0.6) is 0 Å². The van der Waals surface area contributed by atoms with Crippen molar-refractivity contribution in [1.82, 2.24) is 15.3 Å². The van der Waals surface area contributed by atoms with Crippen molar-refractivity contribution in [2.45, 2.75) is 19.9 Å². The number of urea groups is 1. The lowest BCUT2D eigenvalue weighted by molar-refractivity contribution is 0.262. The number of hydrogen-bond donors (Lipinski definition) is 4. The highest BCUT2D eigenvalue weighted by atomic mass is 32.2. The Kier molecular flexibility index (Phi) is 8.43. The molecule has 0 radical (unpaired) electrons. The van der Waals surface area contributed by atoms with E-state index in [2.05, 4.69) is 25.9 Å². The van der Waals surface area contributed by atoms with E-state index >= 15 is 0 Å². The molecule has 0 bridgehead atoms. The third-order valence-corrected chi connectivity index (χ3v) is 5.67. The zero-order valence-electron chi connectivity index (χ0n) is 18.1. The molecule has 8 nitrogen and oxygen atoms in total. The fourth-order valence-electron chi connectivity index (χ4n) is 3.08. The Balaban J connectivity index is 1.57. The van der Waals surface area contributed by atoms with Crippen molar-refractivity contribution < 1.29 is 9.35 Å². The maximum atomic E-state index is 12.5. The number of anilines is 2. The van der Waals surface area contributed by atoms with Crippen LogP contribution in [0.3, 0.4) is 0 Å². The van der Waals surface area contributed by atoms with Crippen LogP contribution in [0, 0.1) is 6.92 Å². The average Bonchev–Trinajstić information content (AvgIpc) is 2.76. The Labute approximate surface area is 190 Å². The quantitative estimate of drug-likeness (QED) is 0.293. The number of H-pyrrole nitrogens is 1. The zero-order valence-corrected chi connectivity index (χ0v) is 18.9. The molecule has 0 spiro atoms. The molecule has 1 atom stereocenters. The average molecular weight is 454 g/mol. The number of para-hydroxylation sites is 1. The number of hydrogen-bond acceptors (Lipinski definition) is 5. The molecule has 0 aliphatic heterocycles. The molecule has 32 heavy (non-hydrogen) atoms. The summed E-state index contributed by atoms with van der Waals surface area (Å²) in [5.74, 6) is 0.763. The molecular weight excluding hydrogens is 426 g/mol. The summed E-state index contributed by atoms with van der Waals surface area (Å²) in [6.45, 7) is 3.39. The lowest BCUT2D eigenvalue weighted by Crippen LogP contribution is -2.23. The summed E-state index contributed by atoms with van der Waals surface area (Å²) in [6, 6.07) is 14.5. The molecule has 0 fully saturated rings. The highest BCUT2D eigenvalue weighted by Crippen LogP contribution is 2.16. The van der Waals surface area contributed by atoms with Crippen molar-refractivity contribution in [2.24, 2.45) is 0 Å². The summed E-state index contributed by atoms with van der Waals surface area (Å²) in [5, 5.41) is 8.58. The second kappa shape index (κ2) is 11.5. The minimum atomic E-state index is -0.761. The number of amides is 2. The Morgan fingerprint density at radius 1 is 1.12 bits per heavy atom. The summed E-state index contributed by atoms with van der Waals surface area (Å²) in [6.07, 6.45) is 4.11. The van der Waals surface area contributed by atoms with Crippen LogP contribution in [0.4, 0.5) is 16.4 Å². The van der Waals surface area contributed by atoms with Gasteiger partial charge in [0.05, 0.1) is 11.8 Å². The number of nitrogens with zero attached hydrogens (tertiary/aromatic N) is 1. The van der Waals surface area contributed by atoms with Crippen molar-refractivity contribution in [3.8, 4) is 11.1 Å². The van der Waals surface area contributed by atoms with Gasteiger partial charge in [-0.3, -0.25) is 10.1 Å². The van der Waals surface area contributed by atoms with Gasteiger partial charge in [0, 0.05) is 24.8 Å². The van der Waals surface area contributed by atoms with Crippen LogP contribution in [0.25, 0.3) is 11.1 Å². The van der Waals surface area contributed by atoms with Gasteiger partial charge in [-0.2, -0.15) is 4.98 Å². The molecule has 2 aromatic carbocycles. The molecule has 1 aromatic heterocycles. The van der Waals surface area contributed by atoms with E-state index < -0.39 is 22.8 Å². The van der Waals surface area contributed by atoms with Gasteiger partial charge in [0.2, 0.25) is 5.95 Å². The zero-order chi connectivity index (χ0) is 22.9. The lowest BCUT2D eigenvalue weighted by atomic mass is 10.1. The third-order valence-electron chi connectivity index (χ3n) is 4.80. The number of aryl methyl sites for hydroxylation is 1. The van der Waals surface area contributed by atoms with Crippen molar-refractivity contribution >= 4 is 28.8 Å². The highest BCUT2D eigenvalue weighted by Gasteiger charge is 2.09. The first kappa shape index (κ1) is 23.5. The first-order chi connectivity index (χ1) is 15.4. The maximum Gasteiger partial charge on any atom is 0.326 e. The molecule has 3 aromatic rings. The molecule has 0 aliphatic rings. The fraction of sp³-hybridized carbons (Fsp3) is 0.261. The number of aromatic amines is 1. The van der Waals surface area contributed by atoms with Gasteiger partial charge in [0.15, 0.2) is 0 Å². The summed E-state index contributed by atoms with van der Waals surface area (Å²) in [7, 11) is 0. The topological polar surface area (TPSA) is 122 Å². The van der Waals surface area contributed by atoms with Gasteiger partial charge in [-0.05, 0) is 36.2 Å². The second-order valence-corrected chi connectivity index (χ2v) is 8.92. The molecule has 0 aliphatic carbocycles. The van der Waals surface area contributed by atoms with Crippen molar-refractivity contribution in [3.05, 3.63) is 76.2 Å². The van der Waals surface area contributed by atoms with E-state index in [1.165, 1.54) is 6.20 Å². The smallest absolute Gasteiger partial charge is 0.326 e. The Hall–Kier alpha value is -3.14. The Bertz CT molecular complexity index is 1100. The molecule has 1 unspecified atom stereocenters. The van der Waals surface area contributed by atoms with Crippen LogP contribution >= 0.6 is 0 Å². The van der Waals surface area contributed by atoms with E-state index in [0.717, 1.165) is 29.7 Å². The van der Waals surface area contributed by atoms with Crippen LogP contribution in [-0.2, 0) is 17.7 Å². The standard InChI is InChI=1S/C23H27N5O3S/c1-16-6-3-4-7-20(16)26-23(30)28-22-25-15-19(21(29)27-22)18-10-8-17(9-11-18)14-24-12-5-13-32(2)31/h3-4,6-11,15,24H,5,12-14H2,1-2H3,(H3,25,26,27,28,29,30). The van der Waals surface area contributed by atoms with Crippen LogP contribution < -0.4 is 21.5 Å². The molecule has 4 N–H and O–H groups in total. The van der Waals surface area contributed by atoms with E-state index in [4.69, 9.17) is 0 Å². The van der Waals surface area contributed by atoms with E-state index in [1.807, 2.05) is 49.4 Å². The summed E-state index contributed by atoms with van der Waals surface area (Å²) in [4.78, 5) is 31.5. The first-order valence-electron chi connectivity index (χ1n) is 10.3. The monoisotopic (exact) mass is 453 g/mol. The first-order valence-corrected chi connectivity index (χ1v) is 12.0. The Morgan fingerprint density at radius 3 is 2.56 bits per heavy atom.